The Morgan fingerprint density at radius 1 is 0.212 bits per heavy atom. The van der Waals surface area contributed by atoms with Crippen LogP contribution in [0, 0.1) is 0 Å². The second-order valence-electron chi connectivity index (χ2n) is 29.8. The Bertz CT molecular complexity index is 6220. The van der Waals surface area contributed by atoms with E-state index in [9.17, 15) is 0 Å². The molecule has 0 radical (unpaired) electrons. The molecule has 0 amide bonds. The van der Waals surface area contributed by atoms with Crippen LogP contribution in [0.1, 0.15) is 27.7 Å². The lowest BCUT2D eigenvalue weighted by molar-refractivity contribution is 0.00578. The van der Waals surface area contributed by atoms with Gasteiger partial charge < -0.3 is 9.31 Å². The average Bonchev–Trinajstić information content (AvgIpc) is 1.46. The molecule has 0 spiro atoms. The van der Waals surface area contributed by atoms with Gasteiger partial charge in [-0.3, -0.25) is 4.98 Å². The fourth-order valence-corrected chi connectivity index (χ4v) is 14.6. The topological polar surface area (TPSA) is 122 Å². The predicted octanol–water partition coefficient (Wildman–Crippen LogP) is 26.2. The zero-order valence-electron chi connectivity index (χ0n) is 65.6. The largest absolute Gasteiger partial charge is 0.494 e. The van der Waals surface area contributed by atoms with Crippen molar-refractivity contribution in [2.75, 3.05) is 0 Å². The summed E-state index contributed by atoms with van der Waals surface area (Å²) in [5, 5.41) is 0.550. The summed E-state index contributed by atoms with van der Waals surface area (Å²) in [4.78, 5) is 39.7. The molecule has 19 rings (SSSR count). The van der Waals surface area contributed by atoms with Crippen molar-refractivity contribution >= 4 is 24.2 Å². The maximum Gasteiger partial charge on any atom is 0.494 e. The first-order chi connectivity index (χ1) is 57.8. The van der Waals surface area contributed by atoms with Gasteiger partial charge in [0.05, 0.1) is 16.9 Å². The fraction of sp³-hybridized carbons (Fsp3) is 0.0566. The first kappa shape index (κ1) is 76.3. The van der Waals surface area contributed by atoms with Crippen LogP contribution in [0.15, 0.2) is 413 Å². The SMILES string of the molecule is CC1(C)OB(c2cc(-c3ccccc3)cc(-c3nc(-c4ccc(-c5ccccc5)cc4)nc(-c4ccc(-c5ccccc5)cc4)n3)c2)OC1(C)C.Clc1ncccc1-c1ccccc1.c1ccc(-c2ccc(-c3nc(-c4ccc(-c5ccccc5)cc4)nc(-c4cc(-c5ccccc5)cc(-c5ncccc5-c5ccccc5)c4)n3)cc2)cc1. The van der Waals surface area contributed by atoms with Crippen LogP contribution in [0.4, 0.5) is 0 Å². The molecule has 0 aliphatic carbocycles. The molecule has 1 aliphatic heterocycles. The molecule has 0 bridgehead atoms. The Morgan fingerprint density at radius 2 is 0.441 bits per heavy atom. The van der Waals surface area contributed by atoms with Gasteiger partial charge in [-0.1, -0.05) is 370 Å². The van der Waals surface area contributed by atoms with Gasteiger partial charge in [-0.05, 0) is 154 Å². The van der Waals surface area contributed by atoms with Gasteiger partial charge in [-0.15, -0.1) is 0 Å². The molecule has 5 heterocycles. The standard InChI is InChI=1S/C50H34N4.C45H38BN3O2.C11H8ClN/c1-5-14-35(15-6-1)38-23-27-41(28-24-38)48-52-49(42-29-25-39(26-30-42)36-16-7-2-8-17-36)54-50(53-48)45-33-43(37-18-9-3-10-19-37)32-44(34-45)47-46(22-13-31-51-47)40-20-11-4-12-21-40;1-44(2)45(3,4)51-46(50-44)40-29-38(33-18-12-7-13-19-33)28-39(30-40)43-48-41(36-24-20-34(21-25-36)31-14-8-5-9-15-31)47-42(49-43)37-26-22-35(23-27-37)32-16-10-6-11-17-32;12-11-10(7-4-8-13-11)9-5-2-1-3-6-9/h1-34H;5-30H,1-4H3;1-8H. The minimum Gasteiger partial charge on any atom is -0.399 e. The quantitative estimate of drug-likeness (QED) is 0.0683. The van der Waals surface area contributed by atoms with E-state index < -0.39 is 18.3 Å². The fourth-order valence-electron chi connectivity index (χ4n) is 14.4. The number of benzene rings is 14. The van der Waals surface area contributed by atoms with Crippen LogP contribution in [-0.4, -0.2) is 58.2 Å². The van der Waals surface area contributed by atoms with Gasteiger partial charge in [0, 0.05) is 62.5 Å². The normalized spacial score (nSPS) is 12.5. The summed E-state index contributed by atoms with van der Waals surface area (Å²) in [5.74, 6) is 3.58. The third kappa shape index (κ3) is 17.5. The van der Waals surface area contributed by atoms with Crippen molar-refractivity contribution in [3.63, 3.8) is 0 Å². The van der Waals surface area contributed by atoms with Crippen LogP contribution in [0.5, 0.6) is 0 Å². The molecule has 14 aromatic carbocycles. The summed E-state index contributed by atoms with van der Waals surface area (Å²) >= 11 is 5.95. The van der Waals surface area contributed by atoms with Crippen LogP contribution in [-0.2, 0) is 9.31 Å². The van der Waals surface area contributed by atoms with Gasteiger partial charge in [-0.2, -0.15) is 0 Å². The zero-order chi connectivity index (χ0) is 80.2. The van der Waals surface area contributed by atoms with Crippen molar-refractivity contribution in [3.05, 3.63) is 418 Å². The van der Waals surface area contributed by atoms with Crippen molar-refractivity contribution in [1.29, 1.82) is 0 Å². The van der Waals surface area contributed by atoms with E-state index in [0.717, 1.165) is 139 Å². The second kappa shape index (κ2) is 34.8. The first-order valence-electron chi connectivity index (χ1n) is 39.4. The molecule has 18 aromatic rings. The van der Waals surface area contributed by atoms with Gasteiger partial charge in [0.25, 0.3) is 0 Å². The molecule has 0 saturated carbocycles. The van der Waals surface area contributed by atoms with E-state index in [2.05, 4.69) is 330 Å². The molecule has 1 aliphatic rings. The summed E-state index contributed by atoms with van der Waals surface area (Å²) in [6, 6.07) is 137. The maximum atomic E-state index is 6.54. The predicted molar refractivity (Wildman–Crippen MR) is 484 cm³/mol. The number of pyridine rings is 2. The number of hydrogen-bond acceptors (Lipinski definition) is 10. The minimum atomic E-state index is -0.547. The summed E-state index contributed by atoms with van der Waals surface area (Å²) in [5.41, 5.74) is 24.9. The Morgan fingerprint density at radius 3 is 0.771 bits per heavy atom. The highest BCUT2D eigenvalue weighted by Crippen LogP contribution is 2.41. The smallest absolute Gasteiger partial charge is 0.399 e. The number of rotatable bonds is 16. The van der Waals surface area contributed by atoms with Crippen LogP contribution in [0.25, 0.3) is 169 Å². The molecule has 0 N–H and O–H groups in total. The summed E-state index contributed by atoms with van der Waals surface area (Å²) in [7, 11) is -0.547. The Kier molecular flexibility index (Phi) is 22.5. The molecule has 4 aromatic heterocycles. The number of nitrogens with zero attached hydrogens (tertiary/aromatic N) is 8. The first-order valence-corrected chi connectivity index (χ1v) is 39.8. The molecule has 12 heteroatoms. The lowest BCUT2D eigenvalue weighted by atomic mass is 9.77. The number of aromatic nitrogens is 8. The molecule has 0 atom stereocenters. The van der Waals surface area contributed by atoms with E-state index in [0.29, 0.717) is 40.1 Å². The summed E-state index contributed by atoms with van der Waals surface area (Å²) in [6.45, 7) is 8.30. The third-order valence-electron chi connectivity index (χ3n) is 21.4. The van der Waals surface area contributed by atoms with Crippen LogP contribution < -0.4 is 5.46 Å². The van der Waals surface area contributed by atoms with Crippen LogP contribution in [0.2, 0.25) is 5.15 Å². The van der Waals surface area contributed by atoms with Crippen molar-refractivity contribution in [2.24, 2.45) is 0 Å². The Balaban J connectivity index is 0.000000146. The monoisotopic (exact) mass is 1540 g/mol. The van der Waals surface area contributed by atoms with Crippen molar-refractivity contribution in [3.8, 4) is 169 Å². The highest BCUT2D eigenvalue weighted by molar-refractivity contribution is 6.62. The van der Waals surface area contributed by atoms with Crippen LogP contribution >= 0.6 is 11.6 Å². The zero-order valence-corrected chi connectivity index (χ0v) is 66.4. The van der Waals surface area contributed by atoms with Gasteiger partial charge in [-0.25, -0.2) is 34.9 Å². The van der Waals surface area contributed by atoms with E-state index >= 15 is 0 Å². The number of hydrogen-bond donors (Lipinski definition) is 0. The van der Waals surface area contributed by atoms with Crippen LogP contribution in [0.3, 0.4) is 0 Å². The highest BCUT2D eigenvalue weighted by Gasteiger charge is 2.52. The molecule has 118 heavy (non-hydrogen) atoms. The molecule has 0 unspecified atom stereocenters. The Hall–Kier alpha value is -14.3. The second-order valence-corrected chi connectivity index (χ2v) is 30.2. The van der Waals surface area contributed by atoms with E-state index in [4.69, 9.17) is 55.8 Å². The molecular formula is C106H80BClN8O2. The van der Waals surface area contributed by atoms with Gasteiger partial charge >= 0.3 is 7.12 Å². The Labute approximate surface area is 694 Å². The highest BCUT2D eigenvalue weighted by atomic mass is 35.5. The maximum absolute atomic E-state index is 6.54. The molecular weight excluding hydrogens is 1460 g/mol. The van der Waals surface area contributed by atoms with Crippen molar-refractivity contribution < 1.29 is 9.31 Å². The molecule has 566 valence electrons. The van der Waals surface area contributed by atoms with E-state index in [1.54, 1.807) is 6.20 Å². The van der Waals surface area contributed by atoms with Gasteiger partial charge in [0.15, 0.2) is 34.9 Å². The van der Waals surface area contributed by atoms with Crippen molar-refractivity contribution in [2.45, 2.75) is 38.9 Å². The minimum absolute atomic E-state index is 0.480. The van der Waals surface area contributed by atoms with Gasteiger partial charge in [0.2, 0.25) is 0 Å². The summed E-state index contributed by atoms with van der Waals surface area (Å²) < 4.78 is 13.1. The lowest BCUT2D eigenvalue weighted by Crippen LogP contribution is -2.41. The molecule has 10 nitrogen and oxygen atoms in total. The van der Waals surface area contributed by atoms with Gasteiger partial charge in [0.1, 0.15) is 5.15 Å². The summed E-state index contributed by atoms with van der Waals surface area (Å²) in [6.07, 6.45) is 3.54. The van der Waals surface area contributed by atoms with Crippen molar-refractivity contribution in [1.82, 2.24) is 39.9 Å². The lowest BCUT2D eigenvalue weighted by Gasteiger charge is -2.32. The molecule has 1 fully saturated rings. The average molecular weight is 1540 g/mol. The van der Waals surface area contributed by atoms with E-state index in [-0.39, 0.29) is 0 Å². The number of halogens is 1. The molecule has 1 saturated heterocycles. The van der Waals surface area contributed by atoms with E-state index in [1.807, 2.05) is 109 Å². The van der Waals surface area contributed by atoms with E-state index in [1.165, 1.54) is 0 Å². The third-order valence-corrected chi connectivity index (χ3v) is 21.7.